The molecule has 0 radical (unpaired) electrons. The lowest BCUT2D eigenvalue weighted by Crippen LogP contribution is -2.44. The Balaban J connectivity index is 0.000000257. The van der Waals surface area contributed by atoms with Crippen LogP contribution in [0.15, 0.2) is 78.3 Å². The van der Waals surface area contributed by atoms with E-state index in [0.717, 1.165) is 17.6 Å². The molecule has 1 aliphatic heterocycles. The maximum absolute atomic E-state index is 15.3. The molecule has 0 spiro atoms. The highest BCUT2D eigenvalue weighted by Gasteiger charge is 2.50. The second-order valence-electron chi connectivity index (χ2n) is 21.3. The average Bonchev–Trinajstić information content (AvgIpc) is 3.87. The monoisotopic (exact) mass is 1160 g/mol. The van der Waals surface area contributed by atoms with Gasteiger partial charge in [-0.3, -0.25) is 14.5 Å². The van der Waals surface area contributed by atoms with Crippen LogP contribution in [0.5, 0.6) is 11.8 Å². The Morgan fingerprint density at radius 3 is 1.67 bits per heavy atom. The number of rotatable bonds is 14. The van der Waals surface area contributed by atoms with Gasteiger partial charge in [0.2, 0.25) is 11.8 Å². The molecular formula is C58H61F2N9O11S2. The van der Waals surface area contributed by atoms with Crippen molar-refractivity contribution in [3.63, 3.8) is 0 Å². The summed E-state index contributed by atoms with van der Waals surface area (Å²) in [7, 11) is 1.31. The van der Waals surface area contributed by atoms with Crippen molar-refractivity contribution in [1.29, 1.82) is 10.5 Å². The molecule has 3 heterocycles. The Morgan fingerprint density at radius 2 is 1.20 bits per heavy atom. The first-order chi connectivity index (χ1) is 38.4. The van der Waals surface area contributed by atoms with Gasteiger partial charge in [0.1, 0.15) is 72.7 Å². The van der Waals surface area contributed by atoms with E-state index in [0.29, 0.717) is 39.0 Å². The number of esters is 1. The fraction of sp³-hybridized carbons (Fsp3) is 0.379. The van der Waals surface area contributed by atoms with Crippen LogP contribution in [-0.4, -0.2) is 105 Å². The first-order valence-electron chi connectivity index (χ1n) is 25.2. The molecule has 1 aliphatic rings. The molecule has 7 rings (SSSR count). The molecule has 4 aromatic carbocycles. The summed E-state index contributed by atoms with van der Waals surface area (Å²) in [6.07, 6.45) is 0.958. The van der Waals surface area contributed by atoms with Crippen LogP contribution in [0, 0.1) is 53.6 Å². The molecule has 0 saturated carbocycles. The number of fused-ring (bicyclic) bond motifs is 2. The van der Waals surface area contributed by atoms with E-state index >= 15 is 4.39 Å². The fourth-order valence-electron chi connectivity index (χ4n) is 7.92. The highest BCUT2D eigenvalue weighted by Crippen LogP contribution is 2.40. The Labute approximate surface area is 483 Å². The minimum absolute atomic E-state index is 0.00907. The van der Waals surface area contributed by atoms with Crippen molar-refractivity contribution >= 4 is 97.8 Å². The molecule has 24 heteroatoms. The number of nitrogens with zero attached hydrogens (tertiary/aromatic N) is 9. The predicted octanol–water partition coefficient (Wildman–Crippen LogP) is 11.6. The number of halogens is 2. The molecule has 1 saturated heterocycles. The number of benzene rings is 4. The van der Waals surface area contributed by atoms with Gasteiger partial charge in [-0.25, -0.2) is 38.3 Å². The molecule has 82 heavy (non-hydrogen) atoms. The molecule has 430 valence electrons. The number of carbonyl (C=O) groups excluding carboxylic acids is 4. The van der Waals surface area contributed by atoms with Gasteiger partial charge < -0.3 is 38.1 Å². The van der Waals surface area contributed by atoms with Crippen molar-refractivity contribution in [2.75, 3.05) is 43.3 Å². The molecule has 6 aromatic rings. The van der Waals surface area contributed by atoms with Gasteiger partial charge in [0.25, 0.3) is 5.91 Å². The van der Waals surface area contributed by atoms with Crippen LogP contribution in [0.2, 0.25) is 0 Å². The zero-order valence-electron chi connectivity index (χ0n) is 47.6. The number of aryl methyl sites for hydroxylation is 2. The lowest BCUT2D eigenvalue weighted by molar-refractivity contribution is -0.150. The number of ether oxygens (including phenoxy) is 7. The predicted molar refractivity (Wildman–Crippen MR) is 307 cm³/mol. The van der Waals surface area contributed by atoms with E-state index in [1.54, 1.807) is 130 Å². The standard InChI is InChI=1S/C28H28FN5O5S.C21H27FN2O6.C9H6N2S/c1-16-11-18(8-7-17(16)14-30)33-24(35)28(5,6)34(25(33)40)19-12-20-22(21(29)13-19)31-15-32-23(20)37-9-10-38-26(36)39-27(2,3)4;1-20(2,3)30-19(26)29-8-7-28-17-14-9-13(11-21(4,5)18(25)27-6)10-15(22)16(14)23-12-24-17;1-7-4-9(11-6-12)3-2-8(7)5-10/h7-8,11-13,15H,9-10H2,1-6H3;9-10,12H,7-8,11H2,1-6H3;2-4H,1H3. The molecule has 0 aliphatic carbocycles. The van der Waals surface area contributed by atoms with Crippen LogP contribution in [0.4, 0.5) is 35.4 Å². The summed E-state index contributed by atoms with van der Waals surface area (Å²) in [5, 5.41) is 20.9. The molecule has 0 unspecified atom stereocenters. The van der Waals surface area contributed by atoms with E-state index in [4.69, 9.17) is 50.6 Å². The lowest BCUT2D eigenvalue weighted by Gasteiger charge is -2.29. The number of isothiocyanates is 1. The number of anilines is 2. The van der Waals surface area contributed by atoms with Crippen molar-refractivity contribution in [2.24, 2.45) is 10.4 Å². The number of thiocarbonyl (C=S) groups is 2. The van der Waals surface area contributed by atoms with Crippen LogP contribution >= 0.6 is 24.4 Å². The second-order valence-corrected chi connectivity index (χ2v) is 21.8. The van der Waals surface area contributed by atoms with E-state index in [1.165, 1.54) is 30.5 Å². The smallest absolute Gasteiger partial charge is 0.474 e. The van der Waals surface area contributed by atoms with Gasteiger partial charge in [0.15, 0.2) is 10.9 Å². The number of hydrogen-bond acceptors (Lipinski definition) is 20. The van der Waals surface area contributed by atoms with Crippen molar-refractivity contribution in [3.05, 3.63) is 113 Å². The van der Waals surface area contributed by atoms with Gasteiger partial charge in [-0.2, -0.15) is 15.5 Å². The van der Waals surface area contributed by atoms with Gasteiger partial charge in [-0.15, -0.1) is 0 Å². The van der Waals surface area contributed by atoms with Gasteiger partial charge in [0, 0.05) is 5.69 Å². The third-order valence-electron chi connectivity index (χ3n) is 11.6. The van der Waals surface area contributed by atoms with Crippen LogP contribution in [0.25, 0.3) is 21.8 Å². The van der Waals surface area contributed by atoms with Crippen LogP contribution in [-0.2, 0) is 39.7 Å². The number of aliphatic imine (C=N–C) groups is 1. The Bertz CT molecular complexity index is 3550. The highest BCUT2D eigenvalue weighted by atomic mass is 32.1. The summed E-state index contributed by atoms with van der Waals surface area (Å²) in [6, 6.07) is 20.3. The Hall–Kier alpha value is -8.83. The normalized spacial score (nSPS) is 12.8. The zero-order chi connectivity index (χ0) is 60.9. The zero-order valence-corrected chi connectivity index (χ0v) is 49.2. The topological polar surface area (TPSA) is 251 Å². The number of amides is 1. The number of hydrogen-bond donors (Lipinski definition) is 0. The third kappa shape index (κ3) is 16.6. The van der Waals surface area contributed by atoms with E-state index in [-0.39, 0.29) is 72.0 Å². The minimum atomic E-state index is -1.17. The van der Waals surface area contributed by atoms with Crippen LogP contribution in [0.1, 0.15) is 97.1 Å². The summed E-state index contributed by atoms with van der Waals surface area (Å²) >= 11 is 10.2. The molecule has 0 bridgehead atoms. The lowest BCUT2D eigenvalue weighted by atomic mass is 9.85. The second kappa shape index (κ2) is 27.1. The molecule has 1 fully saturated rings. The Morgan fingerprint density at radius 1 is 0.695 bits per heavy atom. The van der Waals surface area contributed by atoms with Crippen molar-refractivity contribution in [3.8, 4) is 23.9 Å². The molecule has 1 amide bonds. The third-order valence-corrected chi connectivity index (χ3v) is 12.1. The Kier molecular flexibility index (Phi) is 21.1. The van der Waals surface area contributed by atoms with Crippen molar-refractivity contribution in [1.82, 2.24) is 19.9 Å². The average molecular weight is 1160 g/mol. The van der Waals surface area contributed by atoms with Crippen molar-refractivity contribution < 1.29 is 61.1 Å². The quantitative estimate of drug-likeness (QED) is 0.0323. The van der Waals surface area contributed by atoms with E-state index in [9.17, 15) is 28.8 Å². The largest absolute Gasteiger partial charge is 0.508 e. The van der Waals surface area contributed by atoms with Gasteiger partial charge in [-0.05, 0) is 191 Å². The highest BCUT2D eigenvalue weighted by molar-refractivity contribution is 7.81. The van der Waals surface area contributed by atoms with E-state index in [2.05, 4.69) is 54.4 Å². The summed E-state index contributed by atoms with van der Waals surface area (Å²) in [6.45, 7) is 20.5. The number of carbonyl (C=O) groups is 4. The first kappa shape index (κ1) is 64.0. The summed E-state index contributed by atoms with van der Waals surface area (Å²) in [5.74, 6) is -1.73. The number of nitriles is 2. The summed E-state index contributed by atoms with van der Waals surface area (Å²) in [5.41, 5.74) is 1.58. The SMILES string of the molecule is COC(=O)C(C)(C)Cc1cc(F)c2ncnc(OCCOC(=O)OC(C)(C)C)c2c1.Cc1cc(N2C(=O)C(C)(C)N(c3cc(F)c4ncnc(OCCOC(=O)OC(C)(C)C)c4c3)C2=S)ccc1C#N.Cc1cc(N=C=S)ccc1C#N. The maximum atomic E-state index is 15.3. The van der Waals surface area contributed by atoms with Crippen LogP contribution < -0.4 is 19.3 Å². The van der Waals surface area contributed by atoms with Crippen molar-refractivity contribution in [2.45, 2.75) is 106 Å². The molecule has 0 N–H and O–H groups in total. The molecular weight excluding hydrogens is 1100 g/mol. The minimum Gasteiger partial charge on any atom is -0.474 e. The van der Waals surface area contributed by atoms with Crippen LogP contribution in [0.3, 0.4) is 0 Å². The van der Waals surface area contributed by atoms with Gasteiger partial charge in [0.05, 0.1) is 63.1 Å². The molecule has 0 atom stereocenters. The van der Waals surface area contributed by atoms with E-state index < -0.39 is 52.1 Å². The first-order valence-corrected chi connectivity index (χ1v) is 26.0. The number of aromatic nitrogens is 4. The molecule has 2 aromatic heterocycles. The maximum Gasteiger partial charge on any atom is 0.508 e. The summed E-state index contributed by atoms with van der Waals surface area (Å²) in [4.78, 5) is 71.8. The van der Waals surface area contributed by atoms with Gasteiger partial charge in [-0.1, -0.05) is 0 Å². The van der Waals surface area contributed by atoms with E-state index in [1.807, 2.05) is 6.92 Å². The summed E-state index contributed by atoms with van der Waals surface area (Å²) < 4.78 is 66.1. The number of methoxy groups -OCH3 is 1. The van der Waals surface area contributed by atoms with Gasteiger partial charge >= 0.3 is 18.3 Å². The fourth-order valence-corrected chi connectivity index (χ4v) is 8.54. The molecule has 20 nitrogen and oxygen atoms in total.